The van der Waals surface area contributed by atoms with Gasteiger partial charge in [-0.2, -0.15) is 0 Å². The van der Waals surface area contributed by atoms with E-state index in [1.165, 1.54) is 6.07 Å². The van der Waals surface area contributed by atoms with Gasteiger partial charge in [0.15, 0.2) is 18.2 Å². The average Bonchev–Trinajstić information content (AvgIpc) is 2.36. The normalized spacial score (nSPS) is 12.3. The molecule has 1 atom stereocenters. The van der Waals surface area contributed by atoms with Crippen LogP contribution in [-0.4, -0.2) is 18.6 Å². The van der Waals surface area contributed by atoms with Crippen LogP contribution < -0.4 is 15.8 Å². The SMILES string of the molecule is CC(C)C(C)NC(=O)COc1c(F)cccc1CN. The van der Waals surface area contributed by atoms with Gasteiger partial charge in [0, 0.05) is 18.2 Å². The van der Waals surface area contributed by atoms with E-state index in [2.05, 4.69) is 5.32 Å². The molecule has 1 amide bonds. The summed E-state index contributed by atoms with van der Waals surface area (Å²) in [6, 6.07) is 4.56. The third-order valence-electron chi connectivity index (χ3n) is 3.00. The van der Waals surface area contributed by atoms with Crippen LogP contribution >= 0.6 is 0 Å². The van der Waals surface area contributed by atoms with E-state index in [1.54, 1.807) is 12.1 Å². The number of nitrogens with one attached hydrogen (secondary N) is 1. The van der Waals surface area contributed by atoms with E-state index in [4.69, 9.17) is 10.5 Å². The highest BCUT2D eigenvalue weighted by Crippen LogP contribution is 2.21. The minimum absolute atomic E-state index is 0.0469. The van der Waals surface area contributed by atoms with Crippen LogP contribution in [0.15, 0.2) is 18.2 Å². The molecule has 0 aliphatic carbocycles. The van der Waals surface area contributed by atoms with Crippen molar-refractivity contribution in [1.29, 1.82) is 0 Å². The lowest BCUT2D eigenvalue weighted by atomic mass is 10.1. The summed E-state index contributed by atoms with van der Waals surface area (Å²) in [5.74, 6) is -0.394. The Balaban J connectivity index is 2.60. The zero-order chi connectivity index (χ0) is 14.4. The summed E-state index contributed by atoms with van der Waals surface area (Å²) in [6.45, 7) is 5.88. The Morgan fingerprint density at radius 3 is 2.68 bits per heavy atom. The topological polar surface area (TPSA) is 64.3 Å². The first kappa shape index (κ1) is 15.4. The van der Waals surface area contributed by atoms with Crippen LogP contribution in [0.2, 0.25) is 0 Å². The Labute approximate surface area is 113 Å². The summed E-state index contributed by atoms with van der Waals surface area (Å²) in [4.78, 5) is 11.7. The third-order valence-corrected chi connectivity index (χ3v) is 3.00. The van der Waals surface area contributed by atoms with Gasteiger partial charge in [0.25, 0.3) is 5.91 Å². The van der Waals surface area contributed by atoms with Crippen molar-refractivity contribution in [1.82, 2.24) is 5.32 Å². The van der Waals surface area contributed by atoms with Crippen molar-refractivity contribution in [3.05, 3.63) is 29.6 Å². The molecule has 1 aromatic rings. The average molecular weight is 268 g/mol. The predicted octanol–water partition coefficient (Wildman–Crippen LogP) is 1.82. The molecule has 1 rings (SSSR count). The number of para-hydroxylation sites is 1. The molecule has 0 fully saturated rings. The lowest BCUT2D eigenvalue weighted by molar-refractivity contribution is -0.124. The van der Waals surface area contributed by atoms with Crippen molar-refractivity contribution in [2.24, 2.45) is 11.7 Å². The van der Waals surface area contributed by atoms with Crippen molar-refractivity contribution in [3.63, 3.8) is 0 Å². The molecule has 0 aromatic heterocycles. The molecule has 0 saturated carbocycles. The highest BCUT2D eigenvalue weighted by molar-refractivity contribution is 5.77. The van der Waals surface area contributed by atoms with E-state index in [0.29, 0.717) is 11.5 Å². The Morgan fingerprint density at radius 1 is 1.42 bits per heavy atom. The first-order chi connectivity index (χ1) is 8.95. The summed E-state index contributed by atoms with van der Waals surface area (Å²) < 4.78 is 18.8. The fourth-order valence-corrected chi connectivity index (χ4v) is 1.48. The smallest absolute Gasteiger partial charge is 0.258 e. The first-order valence-electron chi connectivity index (χ1n) is 6.35. The highest BCUT2D eigenvalue weighted by Gasteiger charge is 2.14. The number of rotatable bonds is 6. The van der Waals surface area contributed by atoms with Crippen LogP contribution in [0.5, 0.6) is 5.75 Å². The number of hydrogen-bond donors (Lipinski definition) is 2. The molecular formula is C14H21FN2O2. The van der Waals surface area contributed by atoms with Crippen molar-refractivity contribution in [3.8, 4) is 5.75 Å². The van der Waals surface area contributed by atoms with Crippen LogP contribution in [0.1, 0.15) is 26.3 Å². The molecule has 0 heterocycles. The number of halogens is 1. The predicted molar refractivity (Wildman–Crippen MR) is 72.2 cm³/mol. The van der Waals surface area contributed by atoms with Crippen LogP contribution in [0.25, 0.3) is 0 Å². The molecule has 106 valence electrons. The lowest BCUT2D eigenvalue weighted by Crippen LogP contribution is -2.39. The number of carbonyl (C=O) groups is 1. The Morgan fingerprint density at radius 2 is 2.11 bits per heavy atom. The van der Waals surface area contributed by atoms with Gasteiger partial charge in [-0.05, 0) is 18.9 Å². The molecule has 0 aliphatic rings. The molecule has 4 nitrogen and oxygen atoms in total. The van der Waals surface area contributed by atoms with Gasteiger partial charge in [-0.1, -0.05) is 26.0 Å². The first-order valence-corrected chi connectivity index (χ1v) is 6.35. The number of benzene rings is 1. The summed E-state index contributed by atoms with van der Waals surface area (Å²) in [6.07, 6.45) is 0. The lowest BCUT2D eigenvalue weighted by Gasteiger charge is -2.18. The fraction of sp³-hybridized carbons (Fsp3) is 0.500. The van der Waals surface area contributed by atoms with Gasteiger partial charge in [-0.3, -0.25) is 4.79 Å². The Hall–Kier alpha value is -1.62. The summed E-state index contributed by atoms with van der Waals surface area (Å²) >= 11 is 0. The summed E-state index contributed by atoms with van der Waals surface area (Å²) in [7, 11) is 0. The highest BCUT2D eigenvalue weighted by atomic mass is 19.1. The standard InChI is InChI=1S/C14H21FN2O2/c1-9(2)10(3)17-13(18)8-19-14-11(7-16)5-4-6-12(14)15/h4-6,9-10H,7-8,16H2,1-3H3,(H,17,18). The second-order valence-corrected chi connectivity index (χ2v) is 4.82. The minimum Gasteiger partial charge on any atom is -0.480 e. The van der Waals surface area contributed by atoms with Gasteiger partial charge in [-0.25, -0.2) is 4.39 Å². The van der Waals surface area contributed by atoms with E-state index in [1.807, 2.05) is 20.8 Å². The fourth-order valence-electron chi connectivity index (χ4n) is 1.48. The number of ether oxygens (including phenoxy) is 1. The molecule has 0 bridgehead atoms. The van der Waals surface area contributed by atoms with Crippen LogP contribution in [-0.2, 0) is 11.3 Å². The minimum atomic E-state index is -0.507. The maximum Gasteiger partial charge on any atom is 0.258 e. The zero-order valence-electron chi connectivity index (χ0n) is 11.6. The maximum absolute atomic E-state index is 13.6. The number of nitrogens with two attached hydrogens (primary N) is 1. The summed E-state index contributed by atoms with van der Waals surface area (Å²) in [5.41, 5.74) is 6.05. The molecule has 1 aromatic carbocycles. The van der Waals surface area contributed by atoms with Gasteiger partial charge in [-0.15, -0.1) is 0 Å². The van der Waals surface area contributed by atoms with Crippen LogP contribution in [0, 0.1) is 11.7 Å². The molecular weight excluding hydrogens is 247 g/mol. The van der Waals surface area contributed by atoms with E-state index < -0.39 is 5.82 Å². The molecule has 0 aliphatic heterocycles. The number of hydrogen-bond acceptors (Lipinski definition) is 3. The van der Waals surface area contributed by atoms with E-state index in [9.17, 15) is 9.18 Å². The Bertz CT molecular complexity index is 435. The van der Waals surface area contributed by atoms with Crippen molar-refractivity contribution in [2.45, 2.75) is 33.4 Å². The van der Waals surface area contributed by atoms with Crippen LogP contribution in [0.3, 0.4) is 0 Å². The third kappa shape index (κ3) is 4.52. The molecule has 5 heteroatoms. The quantitative estimate of drug-likeness (QED) is 0.827. The van der Waals surface area contributed by atoms with E-state index in [-0.39, 0.29) is 30.9 Å². The van der Waals surface area contributed by atoms with Gasteiger partial charge in [0.2, 0.25) is 0 Å². The van der Waals surface area contributed by atoms with Crippen LogP contribution in [0.4, 0.5) is 4.39 Å². The molecule has 0 spiro atoms. The van der Waals surface area contributed by atoms with Gasteiger partial charge >= 0.3 is 0 Å². The second kappa shape index (κ2) is 7.09. The summed E-state index contributed by atoms with van der Waals surface area (Å²) in [5, 5.41) is 2.79. The van der Waals surface area contributed by atoms with Crippen molar-refractivity contribution < 1.29 is 13.9 Å². The van der Waals surface area contributed by atoms with Crippen molar-refractivity contribution >= 4 is 5.91 Å². The number of carbonyl (C=O) groups excluding carboxylic acids is 1. The van der Waals surface area contributed by atoms with Gasteiger partial charge < -0.3 is 15.8 Å². The molecule has 1 unspecified atom stereocenters. The zero-order valence-corrected chi connectivity index (χ0v) is 11.6. The largest absolute Gasteiger partial charge is 0.480 e. The van der Waals surface area contributed by atoms with E-state index in [0.717, 1.165) is 0 Å². The maximum atomic E-state index is 13.6. The second-order valence-electron chi connectivity index (χ2n) is 4.82. The monoisotopic (exact) mass is 268 g/mol. The molecule has 0 radical (unpaired) electrons. The number of amides is 1. The molecule has 0 saturated heterocycles. The Kier molecular flexibility index (Phi) is 5.76. The van der Waals surface area contributed by atoms with E-state index >= 15 is 0 Å². The molecule has 3 N–H and O–H groups in total. The molecule has 19 heavy (non-hydrogen) atoms. The van der Waals surface area contributed by atoms with Gasteiger partial charge in [0.05, 0.1) is 0 Å². The van der Waals surface area contributed by atoms with Gasteiger partial charge in [0.1, 0.15) is 0 Å². The van der Waals surface area contributed by atoms with Crippen molar-refractivity contribution in [2.75, 3.05) is 6.61 Å².